The van der Waals surface area contributed by atoms with E-state index in [1.165, 1.54) is 19.2 Å². The van der Waals surface area contributed by atoms with Crippen LogP contribution >= 0.6 is 0 Å². The molecule has 0 amide bonds. The monoisotopic (exact) mass is 293 g/mol. The molecule has 0 spiro atoms. The van der Waals surface area contributed by atoms with Crippen LogP contribution in [-0.2, 0) is 13.0 Å². The van der Waals surface area contributed by atoms with E-state index in [1.807, 2.05) is 6.07 Å². The molecule has 0 atom stereocenters. The van der Waals surface area contributed by atoms with E-state index in [2.05, 4.69) is 0 Å². The highest BCUT2D eigenvalue weighted by Crippen LogP contribution is 2.26. The van der Waals surface area contributed by atoms with Crippen LogP contribution in [0.1, 0.15) is 11.1 Å². The van der Waals surface area contributed by atoms with Gasteiger partial charge in [-0.25, -0.2) is 8.78 Å². The normalized spacial score (nSPS) is 10.5. The molecule has 0 unspecified atom stereocenters. The van der Waals surface area contributed by atoms with Gasteiger partial charge in [0.1, 0.15) is 12.4 Å². The molecule has 0 aromatic heterocycles. The molecule has 0 heterocycles. The lowest BCUT2D eigenvalue weighted by atomic mass is 10.1. The minimum Gasteiger partial charge on any atom is -0.496 e. The topological polar surface area (TPSA) is 44.5 Å². The Morgan fingerprint density at radius 1 is 1.10 bits per heavy atom. The molecular formula is C16H17F2NO2. The largest absolute Gasteiger partial charge is 0.496 e. The Balaban J connectivity index is 2.16. The van der Waals surface area contributed by atoms with Crippen LogP contribution in [0.2, 0.25) is 0 Å². The third-order valence-electron chi connectivity index (χ3n) is 3.06. The van der Waals surface area contributed by atoms with Gasteiger partial charge in [-0.2, -0.15) is 0 Å². The van der Waals surface area contributed by atoms with Crippen LogP contribution in [0, 0.1) is 11.6 Å². The summed E-state index contributed by atoms with van der Waals surface area (Å²) < 4.78 is 38.2. The minimum atomic E-state index is -0.728. The highest BCUT2D eigenvalue weighted by atomic mass is 19.1. The molecule has 0 saturated heterocycles. The Morgan fingerprint density at radius 3 is 2.38 bits per heavy atom. The fourth-order valence-electron chi connectivity index (χ4n) is 2.03. The Morgan fingerprint density at radius 2 is 1.76 bits per heavy atom. The second-order valence-corrected chi connectivity index (χ2v) is 4.53. The van der Waals surface area contributed by atoms with Gasteiger partial charge in [0.25, 0.3) is 0 Å². The molecule has 2 N–H and O–H groups in total. The number of ether oxygens (including phenoxy) is 2. The quantitative estimate of drug-likeness (QED) is 0.890. The summed E-state index contributed by atoms with van der Waals surface area (Å²) in [5.74, 6) is -1.23. The van der Waals surface area contributed by atoms with Crippen molar-refractivity contribution < 1.29 is 18.3 Å². The highest BCUT2D eigenvalue weighted by Gasteiger charge is 2.13. The maximum atomic E-state index is 13.9. The average molecular weight is 293 g/mol. The molecule has 21 heavy (non-hydrogen) atoms. The second kappa shape index (κ2) is 7.04. The number of para-hydroxylation sites is 1. The maximum Gasteiger partial charge on any atom is 0.191 e. The number of rotatable bonds is 6. The molecule has 2 aromatic rings. The molecule has 2 aromatic carbocycles. The van der Waals surface area contributed by atoms with Gasteiger partial charge in [0.15, 0.2) is 17.4 Å². The first-order chi connectivity index (χ1) is 10.2. The summed E-state index contributed by atoms with van der Waals surface area (Å²) in [5, 5.41) is 0. The Bertz CT molecular complexity index is 594. The van der Waals surface area contributed by atoms with Gasteiger partial charge >= 0.3 is 0 Å². The number of nitrogens with two attached hydrogens (primary N) is 1. The van der Waals surface area contributed by atoms with Crippen LogP contribution in [-0.4, -0.2) is 13.7 Å². The Labute approximate surface area is 122 Å². The molecule has 0 aliphatic carbocycles. The smallest absolute Gasteiger partial charge is 0.191 e. The van der Waals surface area contributed by atoms with Crippen LogP contribution < -0.4 is 15.2 Å². The molecule has 112 valence electrons. The van der Waals surface area contributed by atoms with E-state index in [9.17, 15) is 8.78 Å². The number of halogens is 2. The van der Waals surface area contributed by atoms with Gasteiger partial charge in [-0.3, -0.25) is 0 Å². The first-order valence-electron chi connectivity index (χ1n) is 6.58. The number of hydrogen-bond donors (Lipinski definition) is 1. The van der Waals surface area contributed by atoms with E-state index in [0.717, 1.165) is 0 Å². The summed E-state index contributed by atoms with van der Waals surface area (Å²) in [6.45, 7) is 0.356. The molecule has 0 saturated carbocycles. The molecule has 2 rings (SSSR count). The van der Waals surface area contributed by atoms with E-state index in [1.54, 1.807) is 18.2 Å². The van der Waals surface area contributed by atoms with Crippen LogP contribution in [0.15, 0.2) is 36.4 Å². The van der Waals surface area contributed by atoms with Crippen molar-refractivity contribution in [1.29, 1.82) is 0 Å². The van der Waals surface area contributed by atoms with Crippen molar-refractivity contribution in [2.75, 3.05) is 13.7 Å². The molecular weight excluding hydrogens is 276 g/mol. The van der Waals surface area contributed by atoms with Gasteiger partial charge in [-0.1, -0.05) is 18.2 Å². The third kappa shape index (κ3) is 3.70. The lowest BCUT2D eigenvalue weighted by molar-refractivity contribution is 0.267. The average Bonchev–Trinajstić information content (AvgIpc) is 2.47. The van der Waals surface area contributed by atoms with Crippen LogP contribution in [0.3, 0.4) is 0 Å². The second-order valence-electron chi connectivity index (χ2n) is 4.53. The van der Waals surface area contributed by atoms with Gasteiger partial charge in [0, 0.05) is 5.56 Å². The zero-order chi connectivity index (χ0) is 15.2. The van der Waals surface area contributed by atoms with E-state index in [0.29, 0.717) is 29.8 Å². The molecule has 3 nitrogen and oxygen atoms in total. The number of benzene rings is 2. The SMILES string of the molecule is COc1ccccc1COc1c(F)cc(CCN)cc1F. The summed E-state index contributed by atoms with van der Waals surface area (Å²) in [6, 6.07) is 9.64. The summed E-state index contributed by atoms with van der Waals surface area (Å²) in [5.41, 5.74) is 6.60. The number of hydrogen-bond acceptors (Lipinski definition) is 3. The van der Waals surface area contributed by atoms with Crippen molar-refractivity contribution in [2.45, 2.75) is 13.0 Å². The van der Waals surface area contributed by atoms with Crippen molar-refractivity contribution in [3.8, 4) is 11.5 Å². The van der Waals surface area contributed by atoms with Gasteiger partial charge in [-0.15, -0.1) is 0 Å². The van der Waals surface area contributed by atoms with Crippen molar-refractivity contribution in [1.82, 2.24) is 0 Å². The molecule has 0 fully saturated rings. The van der Waals surface area contributed by atoms with Gasteiger partial charge < -0.3 is 15.2 Å². The molecule has 0 aliphatic rings. The predicted molar refractivity (Wildman–Crippen MR) is 76.4 cm³/mol. The minimum absolute atomic E-state index is 0.0219. The lowest BCUT2D eigenvalue weighted by Gasteiger charge is -2.12. The van der Waals surface area contributed by atoms with Gasteiger partial charge in [0.05, 0.1) is 7.11 Å². The fourth-order valence-corrected chi connectivity index (χ4v) is 2.03. The first-order valence-corrected chi connectivity index (χ1v) is 6.58. The van der Waals surface area contributed by atoms with E-state index in [4.69, 9.17) is 15.2 Å². The molecule has 0 bridgehead atoms. The van der Waals surface area contributed by atoms with Crippen molar-refractivity contribution >= 4 is 0 Å². The lowest BCUT2D eigenvalue weighted by Crippen LogP contribution is -2.06. The Kier molecular flexibility index (Phi) is 5.11. The summed E-state index contributed by atoms with van der Waals surface area (Å²) in [7, 11) is 1.53. The van der Waals surface area contributed by atoms with Crippen molar-refractivity contribution in [3.63, 3.8) is 0 Å². The van der Waals surface area contributed by atoms with E-state index in [-0.39, 0.29) is 12.4 Å². The van der Waals surface area contributed by atoms with Crippen LogP contribution in [0.5, 0.6) is 11.5 Å². The standard InChI is InChI=1S/C16H17F2NO2/c1-20-15-5-3-2-4-12(15)10-21-16-13(17)8-11(6-7-19)9-14(16)18/h2-5,8-9H,6-7,10,19H2,1H3. The summed E-state index contributed by atoms with van der Waals surface area (Å²) in [4.78, 5) is 0. The van der Waals surface area contributed by atoms with Gasteiger partial charge in [0.2, 0.25) is 0 Å². The summed E-state index contributed by atoms with van der Waals surface area (Å²) >= 11 is 0. The predicted octanol–water partition coefficient (Wildman–Crippen LogP) is 3.05. The molecule has 0 aliphatic heterocycles. The van der Waals surface area contributed by atoms with Crippen LogP contribution in [0.25, 0.3) is 0 Å². The van der Waals surface area contributed by atoms with Gasteiger partial charge in [-0.05, 0) is 36.7 Å². The van der Waals surface area contributed by atoms with Crippen molar-refractivity contribution in [3.05, 3.63) is 59.2 Å². The number of methoxy groups -OCH3 is 1. The summed E-state index contributed by atoms with van der Waals surface area (Å²) in [6.07, 6.45) is 0.417. The first kappa shape index (κ1) is 15.3. The zero-order valence-corrected chi connectivity index (χ0v) is 11.7. The van der Waals surface area contributed by atoms with Crippen LogP contribution in [0.4, 0.5) is 8.78 Å². The Hall–Kier alpha value is -2.14. The maximum absolute atomic E-state index is 13.9. The van der Waals surface area contributed by atoms with E-state index >= 15 is 0 Å². The fraction of sp³-hybridized carbons (Fsp3) is 0.250. The molecule has 0 radical (unpaired) electrons. The third-order valence-corrected chi connectivity index (χ3v) is 3.06. The zero-order valence-electron chi connectivity index (χ0n) is 11.7. The van der Waals surface area contributed by atoms with E-state index < -0.39 is 11.6 Å². The van der Waals surface area contributed by atoms with Crippen molar-refractivity contribution in [2.24, 2.45) is 5.73 Å². The highest BCUT2D eigenvalue weighted by molar-refractivity contribution is 5.35. The molecule has 5 heteroatoms.